The second-order valence-electron chi connectivity index (χ2n) is 8.47. The molecule has 0 aliphatic carbocycles. The van der Waals surface area contributed by atoms with Gasteiger partial charge >= 0.3 is 26.2 Å². The van der Waals surface area contributed by atoms with Gasteiger partial charge in [-0.3, -0.25) is 0 Å². The van der Waals surface area contributed by atoms with Crippen molar-refractivity contribution in [1.82, 2.24) is 0 Å². The van der Waals surface area contributed by atoms with Crippen molar-refractivity contribution >= 4 is 46.4 Å². The molecule has 0 atom stereocenters. The molecular formula is C32H32Cl4O4Zr. The standard InChI is InChI=1S/4C8H9ClO.Zr/c4*1-2-6-3-4-8(10)7(9)5-6;/h4*3-5,10H,2H2,1H3;/q;;;;+4/p-4. The second kappa shape index (κ2) is 20.9. The molecule has 4 nitrogen and oxygen atoms in total. The third-order valence-electron chi connectivity index (χ3n) is 5.62. The summed E-state index contributed by atoms with van der Waals surface area (Å²) in [6.45, 7) is 8.10. The number of aryl methyl sites for hydroxylation is 4. The van der Waals surface area contributed by atoms with Gasteiger partial charge in [0, 0.05) is 20.1 Å². The minimum Gasteiger partial charge on any atom is -0.871 e. The molecule has 4 rings (SSSR count). The van der Waals surface area contributed by atoms with E-state index < -0.39 is 0 Å². The smallest absolute Gasteiger partial charge is 0.871 e. The Morgan fingerprint density at radius 3 is 0.683 bits per heavy atom. The van der Waals surface area contributed by atoms with Crippen molar-refractivity contribution in [1.29, 1.82) is 0 Å². The summed E-state index contributed by atoms with van der Waals surface area (Å²) in [7, 11) is 0. The van der Waals surface area contributed by atoms with Gasteiger partial charge in [0.05, 0.1) is 0 Å². The summed E-state index contributed by atoms with van der Waals surface area (Å²) in [6, 6.07) is 20.1. The molecule has 9 heteroatoms. The minimum atomic E-state index is -0.0983. The fourth-order valence-corrected chi connectivity index (χ4v) is 3.87. The Labute approximate surface area is 282 Å². The average Bonchev–Trinajstić information content (AvgIpc) is 2.95. The zero-order chi connectivity index (χ0) is 30.2. The molecule has 0 aliphatic rings. The second-order valence-corrected chi connectivity index (χ2v) is 10.1. The van der Waals surface area contributed by atoms with Gasteiger partial charge in [-0.25, -0.2) is 0 Å². The zero-order valence-electron chi connectivity index (χ0n) is 23.4. The third-order valence-corrected chi connectivity index (χ3v) is 6.80. The molecule has 216 valence electrons. The van der Waals surface area contributed by atoms with Gasteiger partial charge in [0.1, 0.15) is 0 Å². The molecule has 0 spiro atoms. The van der Waals surface area contributed by atoms with Crippen LogP contribution in [0.5, 0.6) is 23.0 Å². The van der Waals surface area contributed by atoms with Crippen LogP contribution in [0.4, 0.5) is 0 Å². The quantitative estimate of drug-likeness (QED) is 0.215. The maximum Gasteiger partial charge on any atom is 4.00 e. The van der Waals surface area contributed by atoms with Gasteiger partial charge in [-0.05, 0) is 72.2 Å². The molecule has 0 aliphatic heterocycles. The van der Waals surface area contributed by atoms with Gasteiger partial charge in [-0.2, -0.15) is 0 Å². The first-order chi connectivity index (χ1) is 18.9. The summed E-state index contributed by atoms with van der Waals surface area (Å²) in [6.07, 6.45) is 3.67. The molecule has 4 aromatic carbocycles. The summed E-state index contributed by atoms with van der Waals surface area (Å²) in [5.74, 6) is -0.393. The van der Waals surface area contributed by atoms with Crippen LogP contribution >= 0.6 is 46.4 Å². The maximum atomic E-state index is 10.8. The first kappa shape index (κ1) is 39.1. The largest absolute Gasteiger partial charge is 4.00 e. The van der Waals surface area contributed by atoms with Crippen LogP contribution in [-0.2, 0) is 51.9 Å². The fourth-order valence-electron chi connectivity index (χ4n) is 3.06. The molecule has 0 saturated carbocycles. The van der Waals surface area contributed by atoms with Crippen LogP contribution < -0.4 is 20.4 Å². The van der Waals surface area contributed by atoms with Gasteiger partial charge in [0.2, 0.25) is 0 Å². The van der Waals surface area contributed by atoms with E-state index in [-0.39, 0.29) is 49.2 Å². The predicted molar refractivity (Wildman–Crippen MR) is 161 cm³/mol. The molecule has 0 bridgehead atoms. The van der Waals surface area contributed by atoms with Gasteiger partial charge in [-0.1, -0.05) is 146 Å². The van der Waals surface area contributed by atoms with Crippen molar-refractivity contribution < 1.29 is 46.6 Å². The van der Waals surface area contributed by atoms with Crippen molar-refractivity contribution in [3.63, 3.8) is 0 Å². The van der Waals surface area contributed by atoms with E-state index in [1.807, 2.05) is 27.7 Å². The topological polar surface area (TPSA) is 92.2 Å². The van der Waals surface area contributed by atoms with E-state index >= 15 is 0 Å². The van der Waals surface area contributed by atoms with Crippen molar-refractivity contribution in [2.75, 3.05) is 0 Å². The van der Waals surface area contributed by atoms with Crippen LogP contribution in [0.15, 0.2) is 72.8 Å². The van der Waals surface area contributed by atoms with Gasteiger partial charge in [-0.15, -0.1) is 0 Å². The number of rotatable bonds is 4. The summed E-state index contributed by atoms with van der Waals surface area (Å²) >= 11 is 22.3. The number of hydrogen-bond donors (Lipinski definition) is 0. The Balaban J connectivity index is 0.000000516. The number of halogens is 4. The third kappa shape index (κ3) is 14.7. The number of hydrogen-bond acceptors (Lipinski definition) is 4. The summed E-state index contributed by atoms with van der Waals surface area (Å²) in [5.41, 5.74) is 4.41. The number of benzene rings is 4. The van der Waals surface area contributed by atoms with Crippen LogP contribution in [-0.4, -0.2) is 0 Å². The average molecular weight is 714 g/mol. The molecule has 41 heavy (non-hydrogen) atoms. The fraction of sp³-hybridized carbons (Fsp3) is 0.250. The van der Waals surface area contributed by atoms with E-state index in [1.54, 1.807) is 48.5 Å². The van der Waals surface area contributed by atoms with Crippen molar-refractivity contribution in [3.05, 3.63) is 115 Å². The summed E-state index contributed by atoms with van der Waals surface area (Å²) in [4.78, 5) is 0. The molecule has 0 saturated heterocycles. The van der Waals surface area contributed by atoms with E-state index in [9.17, 15) is 20.4 Å². The molecule has 0 fully saturated rings. The SMILES string of the molecule is CCc1ccc([O-])c(Cl)c1.CCc1ccc([O-])c(Cl)c1.CCc1ccc([O-])c(Cl)c1.CCc1ccc([O-])c(Cl)c1.[Zr+4]. The van der Waals surface area contributed by atoms with Gasteiger partial charge in [0.25, 0.3) is 0 Å². The first-order valence-electron chi connectivity index (χ1n) is 12.8. The van der Waals surface area contributed by atoms with Crippen LogP contribution in [0, 0.1) is 0 Å². The molecule has 0 N–H and O–H groups in total. The van der Waals surface area contributed by atoms with E-state index in [2.05, 4.69) is 0 Å². The molecule has 0 heterocycles. The van der Waals surface area contributed by atoms with Crippen LogP contribution in [0.1, 0.15) is 49.9 Å². The van der Waals surface area contributed by atoms with Gasteiger partial charge in [0.15, 0.2) is 0 Å². The Morgan fingerprint density at radius 1 is 0.390 bits per heavy atom. The molecule has 0 aromatic heterocycles. The Kier molecular flexibility index (Phi) is 20.0. The molecular weight excluding hydrogens is 681 g/mol. The zero-order valence-corrected chi connectivity index (χ0v) is 28.9. The Morgan fingerprint density at radius 2 is 0.561 bits per heavy atom. The monoisotopic (exact) mass is 710 g/mol. The van der Waals surface area contributed by atoms with Crippen LogP contribution in [0.3, 0.4) is 0 Å². The maximum absolute atomic E-state index is 10.8. The van der Waals surface area contributed by atoms with E-state index in [0.29, 0.717) is 20.1 Å². The van der Waals surface area contributed by atoms with E-state index in [1.165, 1.54) is 24.3 Å². The Hall–Kier alpha value is -1.88. The van der Waals surface area contributed by atoms with Crippen LogP contribution in [0.25, 0.3) is 0 Å². The van der Waals surface area contributed by atoms with Crippen molar-refractivity contribution in [3.8, 4) is 23.0 Å². The summed E-state index contributed by atoms with van der Waals surface area (Å²) < 4.78 is 0. The minimum absolute atomic E-state index is 0. The van der Waals surface area contributed by atoms with Gasteiger partial charge < -0.3 is 20.4 Å². The van der Waals surface area contributed by atoms with Crippen LogP contribution in [0.2, 0.25) is 20.1 Å². The van der Waals surface area contributed by atoms with Crippen molar-refractivity contribution in [2.24, 2.45) is 0 Å². The Bertz CT molecular complexity index is 1140. The molecule has 0 unspecified atom stereocenters. The predicted octanol–water partition coefficient (Wildman–Crippen LogP) is 7.90. The normalized spacial score (nSPS) is 9.56. The first-order valence-corrected chi connectivity index (χ1v) is 14.3. The molecule has 0 amide bonds. The molecule has 4 aromatic rings. The van der Waals surface area contributed by atoms with E-state index in [4.69, 9.17) is 46.4 Å². The molecule has 0 radical (unpaired) electrons. The van der Waals surface area contributed by atoms with E-state index in [0.717, 1.165) is 47.9 Å². The van der Waals surface area contributed by atoms with Crippen molar-refractivity contribution in [2.45, 2.75) is 53.4 Å². The summed E-state index contributed by atoms with van der Waals surface area (Å²) in [5, 5.41) is 44.3.